The molecule has 4 aliphatic heterocycles. The van der Waals surface area contributed by atoms with Crippen molar-refractivity contribution in [2.75, 3.05) is 27.6 Å². The number of esters is 4. The standard InChI is InChI=1S/C29H32O13/c1-8-13(2)25(32)41-24-17(10-19(31)35-6)28-11-37-23-20(28)16(9-18-22(23)39-12-38-18)21(40-15(4)30)14(3)27(24,5)42-29(28,34)26(33)36-7/h8-10,14,21,24,34H,11-12H2,1-7H3/b13-8-,17-10?/t14-,21+,24-,27-,28-,29-/m1/s1. The van der Waals surface area contributed by atoms with Crippen molar-refractivity contribution in [3.8, 4) is 17.2 Å². The van der Waals surface area contributed by atoms with E-state index in [1.165, 1.54) is 26.8 Å². The summed E-state index contributed by atoms with van der Waals surface area (Å²) < 4.78 is 45.7. The van der Waals surface area contributed by atoms with Crippen molar-refractivity contribution in [2.24, 2.45) is 5.92 Å². The zero-order valence-corrected chi connectivity index (χ0v) is 24.2. The predicted molar refractivity (Wildman–Crippen MR) is 139 cm³/mol. The summed E-state index contributed by atoms with van der Waals surface area (Å²) >= 11 is 0. The number of aliphatic hydroxyl groups is 1. The molecule has 1 fully saturated rings. The van der Waals surface area contributed by atoms with Gasteiger partial charge in [0.15, 0.2) is 17.6 Å². The van der Waals surface area contributed by atoms with Crippen molar-refractivity contribution in [3.63, 3.8) is 0 Å². The molecule has 13 heteroatoms. The Labute approximate surface area is 241 Å². The summed E-state index contributed by atoms with van der Waals surface area (Å²) in [6.45, 7) is 6.88. The maximum absolute atomic E-state index is 13.6. The number of hydrogen-bond acceptors (Lipinski definition) is 13. The summed E-state index contributed by atoms with van der Waals surface area (Å²) in [5.41, 5.74) is -3.32. The molecule has 1 N–H and O–H groups in total. The molecule has 1 saturated heterocycles. The Morgan fingerprint density at radius 3 is 2.38 bits per heavy atom. The average molecular weight is 589 g/mol. The van der Waals surface area contributed by atoms with Gasteiger partial charge in [-0.25, -0.2) is 14.4 Å². The highest BCUT2D eigenvalue weighted by molar-refractivity contribution is 5.91. The van der Waals surface area contributed by atoms with E-state index < -0.39 is 65.4 Å². The average Bonchev–Trinajstić information content (AvgIpc) is 3.60. The largest absolute Gasteiger partial charge is 0.488 e. The van der Waals surface area contributed by atoms with Gasteiger partial charge < -0.3 is 43.0 Å². The van der Waals surface area contributed by atoms with Crippen LogP contribution in [-0.2, 0) is 48.3 Å². The normalized spacial score (nSPS) is 33.2. The maximum atomic E-state index is 13.6. The van der Waals surface area contributed by atoms with Gasteiger partial charge in [-0.05, 0) is 26.8 Å². The van der Waals surface area contributed by atoms with Crippen LogP contribution >= 0.6 is 0 Å². The van der Waals surface area contributed by atoms with Crippen LogP contribution in [0.5, 0.6) is 17.2 Å². The summed E-state index contributed by atoms with van der Waals surface area (Å²) in [5, 5.41) is 12.4. The molecule has 0 saturated carbocycles. The molecule has 5 aliphatic rings. The number of ether oxygens (including phenoxy) is 8. The number of allylic oxidation sites excluding steroid dienone is 1. The monoisotopic (exact) mass is 588 g/mol. The molecule has 1 spiro atoms. The molecule has 2 bridgehead atoms. The zero-order chi connectivity index (χ0) is 30.8. The fourth-order valence-electron chi connectivity index (χ4n) is 6.25. The number of carbonyl (C=O) groups excluding carboxylic acids is 4. The van der Waals surface area contributed by atoms with E-state index in [1.807, 2.05) is 0 Å². The lowest BCUT2D eigenvalue weighted by molar-refractivity contribution is -0.338. The summed E-state index contributed by atoms with van der Waals surface area (Å²) in [6.07, 6.45) is 0.0495. The molecular weight excluding hydrogens is 556 g/mol. The Kier molecular flexibility index (Phi) is 7.01. The summed E-state index contributed by atoms with van der Waals surface area (Å²) in [5.74, 6) is -6.78. The maximum Gasteiger partial charge on any atom is 0.367 e. The van der Waals surface area contributed by atoms with E-state index in [2.05, 4.69) is 0 Å². The van der Waals surface area contributed by atoms with E-state index in [0.29, 0.717) is 5.56 Å². The Hall–Kier alpha value is -4.10. The Bertz CT molecular complexity index is 1440. The van der Waals surface area contributed by atoms with Crippen molar-refractivity contribution in [1.29, 1.82) is 0 Å². The quantitative estimate of drug-likeness (QED) is 0.302. The van der Waals surface area contributed by atoms with Crippen molar-refractivity contribution in [2.45, 2.75) is 63.6 Å². The van der Waals surface area contributed by atoms with Crippen LogP contribution in [-0.4, -0.2) is 74.1 Å². The summed E-state index contributed by atoms with van der Waals surface area (Å²) in [4.78, 5) is 52.3. The van der Waals surface area contributed by atoms with Crippen molar-refractivity contribution in [3.05, 3.63) is 40.5 Å². The number of benzene rings is 1. The number of methoxy groups -OCH3 is 2. The Morgan fingerprint density at radius 2 is 1.76 bits per heavy atom. The second-order valence-corrected chi connectivity index (χ2v) is 10.7. The van der Waals surface area contributed by atoms with Crippen molar-refractivity contribution in [1.82, 2.24) is 0 Å². The van der Waals surface area contributed by atoms with Gasteiger partial charge in [0.1, 0.15) is 23.7 Å². The van der Waals surface area contributed by atoms with Gasteiger partial charge >= 0.3 is 23.9 Å². The van der Waals surface area contributed by atoms with E-state index in [1.54, 1.807) is 19.9 Å². The van der Waals surface area contributed by atoms with Crippen molar-refractivity contribution < 1.29 is 62.2 Å². The fraction of sp³-hybridized carbons (Fsp3) is 0.517. The van der Waals surface area contributed by atoms with Gasteiger partial charge in [0.25, 0.3) is 5.79 Å². The molecule has 0 radical (unpaired) electrons. The summed E-state index contributed by atoms with van der Waals surface area (Å²) in [6, 6.07) is 1.57. The fourth-order valence-corrected chi connectivity index (χ4v) is 6.25. The highest BCUT2D eigenvalue weighted by Gasteiger charge is 2.77. The van der Waals surface area contributed by atoms with Gasteiger partial charge in [0, 0.05) is 41.2 Å². The third kappa shape index (κ3) is 3.83. The minimum Gasteiger partial charge on any atom is -0.488 e. The SMILES string of the molecule is C/C=C(/C)C(=O)O[C@@H]1C(=CC(=O)OC)[C@]23COc4c5c(cc(c42)[C@@H](OC(C)=O)[C@@H](C)[C@@]1(C)O[C@]3(O)C(=O)OC)OCO5. The topological polar surface area (TPSA) is 162 Å². The number of fused-ring (bicyclic) bond motifs is 5. The highest BCUT2D eigenvalue weighted by atomic mass is 16.7. The highest BCUT2D eigenvalue weighted by Crippen LogP contribution is 2.67. The first-order valence-corrected chi connectivity index (χ1v) is 13.2. The summed E-state index contributed by atoms with van der Waals surface area (Å²) in [7, 11) is 2.21. The predicted octanol–water partition coefficient (Wildman–Crippen LogP) is 1.93. The van der Waals surface area contributed by atoms with Crippen LogP contribution in [0.2, 0.25) is 0 Å². The first kappa shape index (κ1) is 29.4. The smallest absolute Gasteiger partial charge is 0.367 e. The van der Waals surface area contributed by atoms with Crippen LogP contribution in [0.25, 0.3) is 0 Å². The van der Waals surface area contributed by atoms with E-state index in [0.717, 1.165) is 20.3 Å². The van der Waals surface area contributed by atoms with Gasteiger partial charge in [-0.3, -0.25) is 4.79 Å². The Balaban J connectivity index is 1.96. The molecule has 0 unspecified atom stereocenters. The van der Waals surface area contributed by atoms with Crippen LogP contribution in [0, 0.1) is 5.92 Å². The molecule has 1 aromatic rings. The van der Waals surface area contributed by atoms with Gasteiger partial charge in [0.2, 0.25) is 12.5 Å². The number of rotatable bonds is 5. The first-order chi connectivity index (χ1) is 19.8. The minimum absolute atomic E-state index is 0.0553. The minimum atomic E-state index is -2.85. The molecule has 226 valence electrons. The van der Waals surface area contributed by atoms with Crippen LogP contribution in [0.15, 0.2) is 29.4 Å². The first-order valence-electron chi connectivity index (χ1n) is 13.2. The number of carbonyl (C=O) groups is 4. The van der Waals surface area contributed by atoms with Crippen LogP contribution in [0.3, 0.4) is 0 Å². The lowest BCUT2D eigenvalue weighted by Gasteiger charge is -2.59. The number of hydrogen-bond donors (Lipinski definition) is 1. The lowest BCUT2D eigenvalue weighted by Crippen LogP contribution is -2.75. The van der Waals surface area contributed by atoms with E-state index in [9.17, 15) is 24.3 Å². The van der Waals surface area contributed by atoms with E-state index >= 15 is 0 Å². The molecule has 6 rings (SSSR count). The van der Waals surface area contributed by atoms with E-state index in [4.69, 9.17) is 37.9 Å². The van der Waals surface area contributed by atoms with Crippen LogP contribution < -0.4 is 14.2 Å². The molecule has 0 aromatic heterocycles. The molecule has 1 aliphatic carbocycles. The molecule has 1 aromatic carbocycles. The Morgan fingerprint density at radius 1 is 1.05 bits per heavy atom. The molecule has 4 heterocycles. The van der Waals surface area contributed by atoms with Crippen LogP contribution in [0.1, 0.15) is 51.8 Å². The molecule has 42 heavy (non-hydrogen) atoms. The van der Waals surface area contributed by atoms with Gasteiger partial charge in [-0.2, -0.15) is 0 Å². The van der Waals surface area contributed by atoms with Gasteiger partial charge in [0.05, 0.1) is 14.2 Å². The van der Waals surface area contributed by atoms with Gasteiger partial charge in [-0.15, -0.1) is 0 Å². The second-order valence-electron chi connectivity index (χ2n) is 10.7. The second kappa shape index (κ2) is 10.0. The van der Waals surface area contributed by atoms with E-state index in [-0.39, 0.29) is 40.8 Å². The lowest BCUT2D eigenvalue weighted by atomic mass is 9.56. The molecule has 13 nitrogen and oxygen atoms in total. The van der Waals surface area contributed by atoms with Crippen molar-refractivity contribution >= 4 is 23.9 Å². The molecule has 6 atom stereocenters. The van der Waals surface area contributed by atoms with Crippen LogP contribution in [0.4, 0.5) is 0 Å². The molecular formula is C29H32O13. The zero-order valence-electron chi connectivity index (χ0n) is 24.2. The molecule has 0 amide bonds. The van der Waals surface area contributed by atoms with Gasteiger partial charge in [-0.1, -0.05) is 13.0 Å². The third-order valence-corrected chi connectivity index (χ3v) is 8.63. The third-order valence-electron chi connectivity index (χ3n) is 8.63.